The molecule has 1 saturated heterocycles. The predicted octanol–water partition coefficient (Wildman–Crippen LogP) is 0.621. The zero-order valence-electron chi connectivity index (χ0n) is 8.20. The Morgan fingerprint density at radius 2 is 2.46 bits per heavy atom. The quantitative estimate of drug-likeness (QED) is 0.725. The summed E-state index contributed by atoms with van der Waals surface area (Å²) in [4.78, 5) is 0. The zero-order chi connectivity index (χ0) is 9.26. The van der Waals surface area contributed by atoms with Crippen LogP contribution in [-0.2, 0) is 6.54 Å². The topological polar surface area (TPSA) is 42.7 Å². The second-order valence-corrected chi connectivity index (χ2v) is 3.72. The highest BCUT2D eigenvalue weighted by Gasteiger charge is 2.28. The Morgan fingerprint density at radius 3 is 3.08 bits per heavy atom. The van der Waals surface area contributed by atoms with Gasteiger partial charge in [0.1, 0.15) is 12.2 Å². The fourth-order valence-electron chi connectivity index (χ4n) is 1.95. The van der Waals surface area contributed by atoms with E-state index in [-0.39, 0.29) is 0 Å². The van der Waals surface area contributed by atoms with E-state index in [1.165, 1.54) is 0 Å². The average Bonchev–Trinajstić information content (AvgIpc) is 2.71. The number of nitrogens with zero attached hydrogens (tertiary/aromatic N) is 3. The molecule has 1 aromatic heterocycles. The van der Waals surface area contributed by atoms with E-state index in [1.807, 2.05) is 6.33 Å². The van der Waals surface area contributed by atoms with Gasteiger partial charge >= 0.3 is 0 Å². The molecule has 2 unspecified atom stereocenters. The third kappa shape index (κ3) is 1.46. The van der Waals surface area contributed by atoms with E-state index in [0.29, 0.717) is 11.8 Å². The van der Waals surface area contributed by atoms with Crippen molar-refractivity contribution in [3.05, 3.63) is 12.2 Å². The van der Waals surface area contributed by atoms with Crippen molar-refractivity contribution in [3.8, 4) is 0 Å². The van der Waals surface area contributed by atoms with Crippen LogP contribution in [0.25, 0.3) is 0 Å². The van der Waals surface area contributed by atoms with Gasteiger partial charge in [0, 0.05) is 19.0 Å². The minimum atomic E-state index is 0.544. The second kappa shape index (κ2) is 3.46. The standard InChI is InChI=1S/C9H16N4/c1-3-13-6-11-12-9(13)8-5-10-4-7(8)2/h6-8,10H,3-5H2,1-2H3. The normalized spacial score (nSPS) is 28.2. The van der Waals surface area contributed by atoms with Crippen LogP contribution < -0.4 is 5.32 Å². The molecule has 1 fully saturated rings. The first kappa shape index (κ1) is 8.69. The average molecular weight is 180 g/mol. The van der Waals surface area contributed by atoms with Gasteiger partial charge in [0.2, 0.25) is 0 Å². The third-order valence-corrected chi connectivity index (χ3v) is 2.84. The summed E-state index contributed by atoms with van der Waals surface area (Å²) in [5, 5.41) is 11.5. The number of aromatic nitrogens is 3. The fourth-order valence-corrected chi connectivity index (χ4v) is 1.95. The zero-order valence-corrected chi connectivity index (χ0v) is 8.20. The lowest BCUT2D eigenvalue weighted by Gasteiger charge is -2.13. The van der Waals surface area contributed by atoms with Crippen LogP contribution in [0.4, 0.5) is 0 Å². The molecule has 72 valence electrons. The Bertz CT molecular complexity index is 281. The van der Waals surface area contributed by atoms with Crippen LogP contribution in [0.5, 0.6) is 0 Å². The summed E-state index contributed by atoms with van der Waals surface area (Å²) in [5.41, 5.74) is 0. The van der Waals surface area contributed by atoms with Crippen LogP contribution in [0.15, 0.2) is 6.33 Å². The number of hydrogen-bond donors (Lipinski definition) is 1. The summed E-state index contributed by atoms with van der Waals surface area (Å²) in [7, 11) is 0. The molecule has 0 aliphatic carbocycles. The number of rotatable bonds is 2. The smallest absolute Gasteiger partial charge is 0.137 e. The largest absolute Gasteiger partial charge is 0.318 e. The maximum absolute atomic E-state index is 4.19. The lowest BCUT2D eigenvalue weighted by molar-refractivity contribution is 0.517. The van der Waals surface area contributed by atoms with Crippen LogP contribution in [0.1, 0.15) is 25.6 Å². The van der Waals surface area contributed by atoms with Crippen LogP contribution in [0.3, 0.4) is 0 Å². The predicted molar refractivity (Wildman–Crippen MR) is 50.5 cm³/mol. The lowest BCUT2D eigenvalue weighted by Crippen LogP contribution is -2.14. The molecular formula is C9H16N4. The van der Waals surface area contributed by atoms with E-state index < -0.39 is 0 Å². The summed E-state index contributed by atoms with van der Waals surface area (Å²) in [6, 6.07) is 0. The summed E-state index contributed by atoms with van der Waals surface area (Å²) >= 11 is 0. The molecule has 2 atom stereocenters. The Labute approximate surface area is 78.4 Å². The summed E-state index contributed by atoms with van der Waals surface area (Å²) in [6.45, 7) is 7.49. The van der Waals surface area contributed by atoms with Crippen LogP contribution in [-0.4, -0.2) is 27.9 Å². The van der Waals surface area contributed by atoms with Gasteiger partial charge in [-0.15, -0.1) is 10.2 Å². The van der Waals surface area contributed by atoms with Gasteiger partial charge in [-0.25, -0.2) is 0 Å². The molecule has 1 N–H and O–H groups in total. The molecule has 2 heterocycles. The first-order valence-electron chi connectivity index (χ1n) is 4.91. The summed E-state index contributed by atoms with van der Waals surface area (Å²) < 4.78 is 2.13. The molecule has 0 radical (unpaired) electrons. The van der Waals surface area contributed by atoms with Crippen LogP contribution >= 0.6 is 0 Å². The van der Waals surface area contributed by atoms with Gasteiger partial charge in [-0.05, 0) is 19.4 Å². The fraction of sp³-hybridized carbons (Fsp3) is 0.778. The van der Waals surface area contributed by atoms with Gasteiger partial charge in [-0.2, -0.15) is 0 Å². The molecule has 1 aliphatic rings. The van der Waals surface area contributed by atoms with E-state index in [0.717, 1.165) is 25.5 Å². The SMILES string of the molecule is CCn1cnnc1C1CNCC1C. The molecule has 2 rings (SSSR count). The van der Waals surface area contributed by atoms with Gasteiger partial charge in [-0.1, -0.05) is 6.92 Å². The van der Waals surface area contributed by atoms with E-state index in [9.17, 15) is 0 Å². The van der Waals surface area contributed by atoms with Crippen molar-refractivity contribution < 1.29 is 0 Å². The number of aryl methyl sites for hydroxylation is 1. The molecule has 1 aliphatic heterocycles. The van der Waals surface area contributed by atoms with Crippen molar-refractivity contribution in [2.75, 3.05) is 13.1 Å². The van der Waals surface area contributed by atoms with Gasteiger partial charge in [0.05, 0.1) is 0 Å². The van der Waals surface area contributed by atoms with Gasteiger partial charge in [-0.3, -0.25) is 0 Å². The molecule has 13 heavy (non-hydrogen) atoms. The molecular weight excluding hydrogens is 164 g/mol. The van der Waals surface area contributed by atoms with Crippen molar-refractivity contribution in [1.29, 1.82) is 0 Å². The second-order valence-electron chi connectivity index (χ2n) is 3.72. The summed E-state index contributed by atoms with van der Waals surface area (Å²) in [6.07, 6.45) is 1.82. The van der Waals surface area contributed by atoms with Crippen molar-refractivity contribution >= 4 is 0 Å². The Morgan fingerprint density at radius 1 is 1.62 bits per heavy atom. The van der Waals surface area contributed by atoms with Crippen molar-refractivity contribution in [1.82, 2.24) is 20.1 Å². The molecule has 0 bridgehead atoms. The third-order valence-electron chi connectivity index (χ3n) is 2.84. The minimum Gasteiger partial charge on any atom is -0.318 e. The molecule has 1 aromatic rings. The van der Waals surface area contributed by atoms with Gasteiger partial charge in [0.25, 0.3) is 0 Å². The van der Waals surface area contributed by atoms with Gasteiger partial charge < -0.3 is 9.88 Å². The first-order chi connectivity index (χ1) is 6.33. The maximum Gasteiger partial charge on any atom is 0.137 e. The molecule has 0 aromatic carbocycles. The molecule has 0 spiro atoms. The van der Waals surface area contributed by atoms with E-state index in [2.05, 4.69) is 33.9 Å². The Kier molecular flexibility index (Phi) is 2.31. The molecule has 0 amide bonds. The van der Waals surface area contributed by atoms with Crippen LogP contribution in [0.2, 0.25) is 0 Å². The monoisotopic (exact) mass is 180 g/mol. The Hall–Kier alpha value is -0.900. The number of nitrogens with one attached hydrogen (secondary N) is 1. The Balaban J connectivity index is 2.23. The molecule has 4 heteroatoms. The lowest BCUT2D eigenvalue weighted by atomic mass is 9.97. The van der Waals surface area contributed by atoms with E-state index in [1.54, 1.807) is 0 Å². The molecule has 0 saturated carbocycles. The summed E-state index contributed by atoms with van der Waals surface area (Å²) in [5.74, 6) is 2.36. The van der Waals surface area contributed by atoms with Gasteiger partial charge in [0.15, 0.2) is 0 Å². The van der Waals surface area contributed by atoms with Crippen LogP contribution in [0, 0.1) is 5.92 Å². The highest BCUT2D eigenvalue weighted by molar-refractivity contribution is 5.03. The number of hydrogen-bond acceptors (Lipinski definition) is 3. The van der Waals surface area contributed by atoms with Crippen molar-refractivity contribution in [2.45, 2.75) is 26.3 Å². The van der Waals surface area contributed by atoms with E-state index >= 15 is 0 Å². The minimum absolute atomic E-state index is 0.544. The first-order valence-corrected chi connectivity index (χ1v) is 4.91. The molecule has 4 nitrogen and oxygen atoms in total. The maximum atomic E-state index is 4.19. The van der Waals surface area contributed by atoms with E-state index in [4.69, 9.17) is 0 Å². The van der Waals surface area contributed by atoms with Crippen molar-refractivity contribution in [3.63, 3.8) is 0 Å². The van der Waals surface area contributed by atoms with Crippen molar-refractivity contribution in [2.24, 2.45) is 5.92 Å². The highest BCUT2D eigenvalue weighted by Crippen LogP contribution is 2.25. The highest BCUT2D eigenvalue weighted by atomic mass is 15.3.